The molecule has 0 unspecified atom stereocenters. The number of aryl methyl sites for hydroxylation is 2. The molecule has 0 saturated carbocycles. The van der Waals surface area contributed by atoms with Gasteiger partial charge >= 0.3 is 5.97 Å². The van der Waals surface area contributed by atoms with Crippen LogP contribution < -0.4 is 10.9 Å². The molecule has 192 valence electrons. The van der Waals surface area contributed by atoms with Crippen molar-refractivity contribution in [1.82, 2.24) is 9.55 Å². The molecule has 7 heteroatoms. The average molecular weight is 517 g/mol. The van der Waals surface area contributed by atoms with E-state index in [0.717, 1.165) is 11.1 Å². The van der Waals surface area contributed by atoms with Crippen molar-refractivity contribution in [2.45, 2.75) is 20.4 Å². The van der Waals surface area contributed by atoms with Gasteiger partial charge < -0.3 is 19.8 Å². The first kappa shape index (κ1) is 24.2. The van der Waals surface area contributed by atoms with Gasteiger partial charge in [0.15, 0.2) is 10.9 Å². The van der Waals surface area contributed by atoms with Gasteiger partial charge in [-0.3, -0.25) is 9.59 Å². The number of aliphatic hydroxyl groups is 1. The van der Waals surface area contributed by atoms with Crippen molar-refractivity contribution >= 4 is 55.3 Å². The smallest absolute Gasteiger partial charge is 0.335 e. The Morgan fingerprint density at radius 1 is 0.744 bits per heavy atom. The summed E-state index contributed by atoms with van der Waals surface area (Å²) in [6, 6.07) is 19.2. The summed E-state index contributed by atoms with van der Waals surface area (Å²) < 4.78 is 1.91. The van der Waals surface area contributed by atoms with Gasteiger partial charge in [0.2, 0.25) is 0 Å². The van der Waals surface area contributed by atoms with Crippen molar-refractivity contribution < 1.29 is 15.0 Å². The first-order chi connectivity index (χ1) is 18.6. The predicted molar refractivity (Wildman–Crippen MR) is 155 cm³/mol. The number of benzene rings is 4. The largest absolute Gasteiger partial charge is 0.508 e. The fourth-order valence-electron chi connectivity index (χ4n) is 5.30. The Balaban J connectivity index is 1.73. The van der Waals surface area contributed by atoms with Gasteiger partial charge in [-0.2, -0.15) is 0 Å². The molecule has 0 aliphatic heterocycles. The van der Waals surface area contributed by atoms with Gasteiger partial charge in [-0.1, -0.05) is 29.8 Å². The van der Waals surface area contributed by atoms with E-state index < -0.39 is 5.97 Å². The summed E-state index contributed by atoms with van der Waals surface area (Å²) in [4.78, 5) is 42.4. The molecule has 0 aliphatic carbocycles. The zero-order valence-electron chi connectivity index (χ0n) is 21.3. The van der Waals surface area contributed by atoms with Crippen LogP contribution in [0.25, 0.3) is 49.4 Å². The second-order valence-electron chi connectivity index (χ2n) is 10.0. The first-order valence-corrected chi connectivity index (χ1v) is 12.4. The molecule has 0 spiro atoms. The number of hydrogen-bond acceptors (Lipinski definition) is 4. The van der Waals surface area contributed by atoms with E-state index in [9.17, 15) is 24.6 Å². The minimum absolute atomic E-state index is 0.00642. The lowest BCUT2D eigenvalue weighted by Gasteiger charge is -2.17. The van der Waals surface area contributed by atoms with E-state index in [2.05, 4.69) is 11.6 Å². The summed E-state index contributed by atoms with van der Waals surface area (Å²) >= 11 is 0. The van der Waals surface area contributed by atoms with Crippen LogP contribution in [-0.4, -0.2) is 25.7 Å². The molecule has 7 nitrogen and oxygen atoms in total. The third-order valence-corrected chi connectivity index (χ3v) is 7.21. The van der Waals surface area contributed by atoms with Crippen molar-refractivity contribution in [3.05, 3.63) is 122 Å². The van der Waals surface area contributed by atoms with E-state index in [1.807, 2.05) is 54.8 Å². The molecule has 6 rings (SSSR count). The highest BCUT2D eigenvalue weighted by Gasteiger charge is 2.17. The van der Waals surface area contributed by atoms with Crippen LogP contribution in [0.2, 0.25) is 0 Å². The summed E-state index contributed by atoms with van der Waals surface area (Å²) in [5.74, 6) is -1.38. The van der Waals surface area contributed by atoms with Crippen LogP contribution in [0.4, 0.5) is 0 Å². The summed E-state index contributed by atoms with van der Waals surface area (Å²) in [6.07, 6.45) is 0. The second-order valence-corrected chi connectivity index (χ2v) is 10.0. The van der Waals surface area contributed by atoms with Gasteiger partial charge in [-0.25, -0.2) is 4.79 Å². The number of nitrogens with zero attached hydrogens (tertiary/aromatic N) is 1. The monoisotopic (exact) mass is 516 g/mol. The van der Waals surface area contributed by atoms with E-state index in [1.165, 1.54) is 12.1 Å². The molecule has 3 N–H and O–H groups in total. The number of aromatic carboxylic acids is 1. The Kier molecular flexibility index (Phi) is 5.39. The maximum Gasteiger partial charge on any atom is 0.335 e. The average Bonchev–Trinajstić information content (AvgIpc) is 2.91. The molecular formula is C32H24N2O5. The third-order valence-electron chi connectivity index (χ3n) is 7.21. The highest BCUT2D eigenvalue weighted by Crippen LogP contribution is 2.27. The number of pyridine rings is 2. The number of hydrogen-bond donors (Lipinski definition) is 3. The zero-order valence-corrected chi connectivity index (χ0v) is 21.3. The van der Waals surface area contributed by atoms with Gasteiger partial charge in [0.05, 0.1) is 22.1 Å². The maximum absolute atomic E-state index is 13.7. The number of carbonyl (C=O) groups is 1. The summed E-state index contributed by atoms with van der Waals surface area (Å²) in [7, 11) is 0. The number of rotatable bonds is 4. The van der Waals surface area contributed by atoms with Gasteiger partial charge in [0, 0.05) is 39.2 Å². The lowest BCUT2D eigenvalue weighted by molar-refractivity contribution is 0.0696. The molecule has 0 saturated heterocycles. The molecule has 4 aromatic carbocycles. The zero-order chi connectivity index (χ0) is 27.6. The van der Waals surface area contributed by atoms with Crippen molar-refractivity contribution in [2.24, 2.45) is 0 Å². The quantitative estimate of drug-likeness (QED) is 0.195. The Bertz CT molecular complexity index is 2140. The van der Waals surface area contributed by atoms with Crippen LogP contribution in [0.3, 0.4) is 0 Å². The number of aromatic amines is 1. The number of aliphatic hydroxyl groups excluding tert-OH is 1. The van der Waals surface area contributed by atoms with Gasteiger partial charge in [0.25, 0.3) is 0 Å². The number of nitrogens with one attached hydrogen (secondary N) is 1. The third kappa shape index (κ3) is 3.95. The number of fused-ring (bicyclic) bond motifs is 4. The van der Waals surface area contributed by atoms with E-state index in [1.54, 1.807) is 18.2 Å². The lowest BCUT2D eigenvalue weighted by Crippen LogP contribution is -2.14. The Hall–Kier alpha value is -5.17. The molecule has 0 fully saturated rings. The van der Waals surface area contributed by atoms with Crippen molar-refractivity contribution in [2.75, 3.05) is 0 Å². The van der Waals surface area contributed by atoms with Gasteiger partial charge in [-0.15, -0.1) is 0 Å². The Labute approximate surface area is 221 Å². The SMILES string of the molecule is C=C(O)c1cc(Cn2c3ccc(C)cc3c(=O)c3cc4[nH]c5ccc(C)cc5c(=O)c4cc32)cc(C(=O)O)c1. The fourth-order valence-corrected chi connectivity index (χ4v) is 5.30. The van der Waals surface area contributed by atoms with Crippen LogP contribution in [0.5, 0.6) is 0 Å². The Morgan fingerprint density at radius 3 is 2.08 bits per heavy atom. The number of carboxylic acid groups (broad SMARTS) is 1. The molecule has 0 radical (unpaired) electrons. The number of carboxylic acids is 1. The first-order valence-electron chi connectivity index (χ1n) is 12.4. The van der Waals surface area contributed by atoms with E-state index >= 15 is 0 Å². The fraction of sp³-hybridized carbons (Fsp3) is 0.0938. The summed E-state index contributed by atoms with van der Waals surface area (Å²) in [5, 5.41) is 21.6. The maximum atomic E-state index is 13.7. The normalized spacial score (nSPS) is 11.5. The molecule has 2 aromatic heterocycles. The van der Waals surface area contributed by atoms with E-state index in [4.69, 9.17) is 0 Å². The van der Waals surface area contributed by atoms with Gasteiger partial charge in [-0.05, 0) is 74.0 Å². The highest BCUT2D eigenvalue weighted by molar-refractivity contribution is 6.03. The Morgan fingerprint density at radius 2 is 1.36 bits per heavy atom. The topological polar surface area (TPSA) is 112 Å². The summed E-state index contributed by atoms with van der Waals surface area (Å²) in [6.45, 7) is 7.57. The molecule has 2 heterocycles. The molecule has 39 heavy (non-hydrogen) atoms. The molecule has 0 bridgehead atoms. The predicted octanol–water partition coefficient (Wildman–Crippen LogP) is 6.04. The number of aromatic nitrogens is 2. The second kappa shape index (κ2) is 8.70. The highest BCUT2D eigenvalue weighted by atomic mass is 16.4. The molecular weight excluding hydrogens is 492 g/mol. The van der Waals surface area contributed by atoms with Crippen LogP contribution in [0.15, 0.2) is 82.9 Å². The van der Waals surface area contributed by atoms with E-state index in [0.29, 0.717) is 54.7 Å². The van der Waals surface area contributed by atoms with Gasteiger partial charge in [0.1, 0.15) is 5.76 Å². The minimum atomic E-state index is -1.13. The molecule has 0 aliphatic rings. The van der Waals surface area contributed by atoms with Crippen molar-refractivity contribution in [3.8, 4) is 0 Å². The van der Waals surface area contributed by atoms with Crippen molar-refractivity contribution in [1.29, 1.82) is 0 Å². The molecule has 6 aromatic rings. The van der Waals surface area contributed by atoms with Crippen LogP contribution >= 0.6 is 0 Å². The van der Waals surface area contributed by atoms with Crippen LogP contribution in [0.1, 0.15) is 32.6 Å². The molecule has 0 amide bonds. The van der Waals surface area contributed by atoms with Crippen LogP contribution in [0, 0.1) is 13.8 Å². The number of H-pyrrole nitrogens is 1. The van der Waals surface area contributed by atoms with Crippen LogP contribution in [-0.2, 0) is 6.54 Å². The molecule has 0 atom stereocenters. The summed E-state index contributed by atoms with van der Waals surface area (Å²) in [5.41, 5.74) is 4.93. The standard InChI is InChI=1S/C32H24N2O5/c1-16-4-6-26-22(8-16)30(36)23-14-29-25(13-27(23)33-26)31(37)24-9-17(2)5-7-28(24)34(29)15-19-10-20(18(3)35)12-21(11-19)32(38)39/h4-14,35H,3,15H2,1-2H3,(H,33,36)(H,38,39). The van der Waals surface area contributed by atoms with E-state index in [-0.39, 0.29) is 28.7 Å². The minimum Gasteiger partial charge on any atom is -0.508 e. The lowest BCUT2D eigenvalue weighted by atomic mass is 10.0. The van der Waals surface area contributed by atoms with Crippen molar-refractivity contribution in [3.63, 3.8) is 0 Å².